The number of carbonyl (C=O) groups is 2. The van der Waals surface area contributed by atoms with Gasteiger partial charge in [-0.3, -0.25) is 14.6 Å². The molecule has 3 rings (SSSR count). The highest BCUT2D eigenvalue weighted by atomic mass is 35.5. The number of hydrogen-bond acceptors (Lipinski definition) is 5. The topological polar surface area (TPSA) is 79.3 Å². The number of Topliss-reactive ketones (excluding diaryl/α,β-unsaturated/α-hetero) is 2. The van der Waals surface area contributed by atoms with Crippen LogP contribution in [0.25, 0.3) is 0 Å². The maximum Gasteiger partial charge on any atom is 0.225 e. The van der Waals surface area contributed by atoms with Crippen molar-refractivity contribution in [1.29, 1.82) is 0 Å². The Morgan fingerprint density at radius 1 is 1.09 bits per heavy atom. The van der Waals surface area contributed by atoms with E-state index in [-0.39, 0.29) is 34.4 Å². The van der Waals surface area contributed by atoms with Crippen molar-refractivity contribution in [1.82, 2.24) is 4.98 Å². The number of nitrogens with one attached hydrogen (secondary N) is 1. The van der Waals surface area contributed by atoms with Crippen molar-refractivity contribution in [2.24, 2.45) is 0 Å². The second-order valence-electron chi connectivity index (χ2n) is 4.73. The zero-order valence-corrected chi connectivity index (χ0v) is 12.1. The molecule has 1 aromatic heterocycles. The lowest BCUT2D eigenvalue weighted by Gasteiger charge is -2.18. The van der Waals surface area contributed by atoms with Gasteiger partial charge in [0.25, 0.3) is 0 Å². The first-order chi connectivity index (χ1) is 10.6. The lowest BCUT2D eigenvalue weighted by molar-refractivity contribution is 0.0978. The number of aliphatic hydroxyl groups excluding tert-OH is 1. The Balaban J connectivity index is 1.97. The summed E-state index contributed by atoms with van der Waals surface area (Å²) in [6.07, 6.45) is 1.44. The van der Waals surface area contributed by atoms with Crippen LogP contribution < -0.4 is 5.32 Å². The first kappa shape index (κ1) is 14.4. The van der Waals surface area contributed by atoms with Crippen LogP contribution in [0.1, 0.15) is 26.4 Å². The second kappa shape index (κ2) is 5.71. The summed E-state index contributed by atoms with van der Waals surface area (Å²) < 4.78 is 0. The van der Waals surface area contributed by atoms with E-state index in [2.05, 4.69) is 10.3 Å². The van der Waals surface area contributed by atoms with E-state index < -0.39 is 5.78 Å². The molecule has 0 amide bonds. The number of hydrogen-bond donors (Lipinski definition) is 2. The van der Waals surface area contributed by atoms with Crippen LogP contribution in [-0.4, -0.2) is 21.7 Å². The molecule has 2 aromatic rings. The minimum Gasteiger partial charge on any atom is -0.392 e. The number of ketones is 2. The first-order valence-corrected chi connectivity index (χ1v) is 6.90. The first-order valence-electron chi connectivity index (χ1n) is 6.53. The predicted molar refractivity (Wildman–Crippen MR) is 81.8 cm³/mol. The fraction of sp³-hybridized carbons (Fsp3) is 0.0625. The smallest absolute Gasteiger partial charge is 0.225 e. The van der Waals surface area contributed by atoms with E-state index in [9.17, 15) is 9.59 Å². The third-order valence-corrected chi connectivity index (χ3v) is 3.68. The zero-order chi connectivity index (χ0) is 15.7. The van der Waals surface area contributed by atoms with Crippen LogP contribution in [0.3, 0.4) is 0 Å². The fourth-order valence-electron chi connectivity index (χ4n) is 2.17. The van der Waals surface area contributed by atoms with Gasteiger partial charge in [0.05, 0.1) is 12.2 Å². The van der Waals surface area contributed by atoms with Crippen molar-refractivity contribution in [3.8, 4) is 0 Å². The van der Waals surface area contributed by atoms with E-state index in [0.717, 1.165) is 5.56 Å². The maximum absolute atomic E-state index is 12.5. The van der Waals surface area contributed by atoms with Crippen LogP contribution in [-0.2, 0) is 6.61 Å². The monoisotopic (exact) mass is 314 g/mol. The molecule has 1 aliphatic rings. The molecule has 0 radical (unpaired) electrons. The molecular weight excluding hydrogens is 304 g/mol. The molecule has 1 aliphatic carbocycles. The summed E-state index contributed by atoms with van der Waals surface area (Å²) in [6, 6.07) is 9.95. The second-order valence-corrected chi connectivity index (χ2v) is 5.10. The van der Waals surface area contributed by atoms with Gasteiger partial charge in [0, 0.05) is 11.9 Å². The highest BCUT2D eigenvalue weighted by molar-refractivity contribution is 6.50. The number of aliphatic hydroxyl groups is 1. The number of rotatable bonds is 3. The van der Waals surface area contributed by atoms with Gasteiger partial charge in [-0.1, -0.05) is 23.7 Å². The number of allylic oxidation sites excluding steroid dienone is 2. The molecule has 0 bridgehead atoms. The summed E-state index contributed by atoms with van der Waals surface area (Å²) in [6.45, 7) is -0.0693. The van der Waals surface area contributed by atoms with E-state index in [1.807, 2.05) is 0 Å². The number of halogens is 1. The molecule has 0 atom stereocenters. The van der Waals surface area contributed by atoms with Crippen molar-refractivity contribution in [3.63, 3.8) is 0 Å². The van der Waals surface area contributed by atoms with E-state index in [1.54, 1.807) is 36.4 Å². The Labute approximate surface area is 131 Å². The third kappa shape index (κ3) is 2.41. The van der Waals surface area contributed by atoms with Crippen LogP contribution in [0.4, 0.5) is 5.69 Å². The van der Waals surface area contributed by atoms with Crippen molar-refractivity contribution >= 4 is 28.9 Å². The van der Waals surface area contributed by atoms with Crippen molar-refractivity contribution in [3.05, 3.63) is 70.1 Å². The summed E-state index contributed by atoms with van der Waals surface area (Å²) in [4.78, 5) is 28.6. The Morgan fingerprint density at radius 2 is 1.82 bits per heavy atom. The van der Waals surface area contributed by atoms with Crippen molar-refractivity contribution in [2.45, 2.75) is 6.61 Å². The Morgan fingerprint density at radius 3 is 2.50 bits per heavy atom. The molecule has 5 nitrogen and oxygen atoms in total. The minimum absolute atomic E-state index is 0.0314. The van der Waals surface area contributed by atoms with Gasteiger partial charge in [0.15, 0.2) is 0 Å². The van der Waals surface area contributed by atoms with Crippen LogP contribution >= 0.6 is 11.6 Å². The van der Waals surface area contributed by atoms with Crippen molar-refractivity contribution in [2.75, 3.05) is 5.32 Å². The van der Waals surface area contributed by atoms with Crippen molar-refractivity contribution < 1.29 is 14.7 Å². The molecule has 0 spiro atoms. The number of nitrogens with zero attached hydrogens (tertiary/aromatic N) is 1. The molecule has 22 heavy (non-hydrogen) atoms. The van der Waals surface area contributed by atoms with E-state index in [1.165, 1.54) is 6.20 Å². The van der Waals surface area contributed by atoms with Gasteiger partial charge in [0.1, 0.15) is 16.4 Å². The van der Waals surface area contributed by atoms with Gasteiger partial charge >= 0.3 is 0 Å². The molecule has 0 fully saturated rings. The SMILES string of the molecule is O=C1C(Nc2ccc(CO)cc2)=C(Cl)C(=O)c2ncccc21. The normalized spacial score (nSPS) is 14.1. The summed E-state index contributed by atoms with van der Waals surface area (Å²) in [5, 5.41) is 11.7. The van der Waals surface area contributed by atoms with Gasteiger partial charge < -0.3 is 10.4 Å². The van der Waals surface area contributed by atoms with Crippen LogP contribution in [0.5, 0.6) is 0 Å². The number of aromatic nitrogens is 1. The Bertz CT molecular complexity index is 797. The Kier molecular flexibility index (Phi) is 3.75. The summed E-state index contributed by atoms with van der Waals surface area (Å²) in [7, 11) is 0. The lowest BCUT2D eigenvalue weighted by atomic mass is 9.97. The highest BCUT2D eigenvalue weighted by Gasteiger charge is 2.32. The molecule has 1 aromatic carbocycles. The molecule has 110 valence electrons. The molecule has 1 heterocycles. The van der Waals surface area contributed by atoms with Gasteiger partial charge in [-0.15, -0.1) is 0 Å². The van der Waals surface area contributed by atoms with Gasteiger partial charge in [-0.25, -0.2) is 0 Å². The summed E-state index contributed by atoms with van der Waals surface area (Å²) >= 11 is 6.03. The zero-order valence-electron chi connectivity index (χ0n) is 11.3. The summed E-state index contributed by atoms with van der Waals surface area (Å²) in [5.74, 6) is -0.856. The minimum atomic E-state index is -0.480. The number of anilines is 1. The average molecular weight is 315 g/mol. The average Bonchev–Trinajstić information content (AvgIpc) is 2.57. The van der Waals surface area contributed by atoms with E-state index in [0.29, 0.717) is 5.69 Å². The Hall–Kier alpha value is -2.50. The maximum atomic E-state index is 12.5. The quantitative estimate of drug-likeness (QED) is 0.910. The predicted octanol–water partition coefficient (Wildman–Crippen LogP) is 2.52. The van der Waals surface area contributed by atoms with E-state index >= 15 is 0 Å². The molecule has 6 heteroatoms. The van der Waals surface area contributed by atoms with E-state index in [4.69, 9.17) is 16.7 Å². The fourth-order valence-corrected chi connectivity index (χ4v) is 2.39. The van der Waals surface area contributed by atoms with Gasteiger partial charge in [-0.2, -0.15) is 0 Å². The molecular formula is C16H11ClN2O3. The molecule has 0 saturated carbocycles. The molecule has 0 saturated heterocycles. The standard InChI is InChI=1S/C16H11ClN2O3/c17-12-14(19-10-5-3-9(8-20)4-6-10)15(21)11-2-1-7-18-13(11)16(12)22/h1-7,19-20H,8H2. The van der Waals surface area contributed by atoms with Crippen LogP contribution in [0, 0.1) is 0 Å². The molecule has 2 N–H and O–H groups in total. The highest BCUT2D eigenvalue weighted by Crippen LogP contribution is 2.28. The van der Waals surface area contributed by atoms with Crippen LogP contribution in [0.15, 0.2) is 53.3 Å². The number of pyridine rings is 1. The molecule has 0 unspecified atom stereocenters. The number of fused-ring (bicyclic) bond motifs is 1. The van der Waals surface area contributed by atoms with Gasteiger partial charge in [0.2, 0.25) is 11.6 Å². The number of benzene rings is 1. The largest absolute Gasteiger partial charge is 0.392 e. The third-order valence-electron chi connectivity index (χ3n) is 3.32. The molecule has 0 aliphatic heterocycles. The summed E-state index contributed by atoms with van der Waals surface area (Å²) in [5.41, 5.74) is 1.67. The van der Waals surface area contributed by atoms with Crippen LogP contribution in [0.2, 0.25) is 0 Å². The van der Waals surface area contributed by atoms with Gasteiger partial charge in [-0.05, 0) is 29.8 Å². The number of carbonyl (C=O) groups excluding carboxylic acids is 2. The lowest BCUT2D eigenvalue weighted by Crippen LogP contribution is -2.25.